The fourth-order valence-corrected chi connectivity index (χ4v) is 4.13. The van der Waals surface area contributed by atoms with Crippen molar-refractivity contribution in [2.45, 2.75) is 63.9 Å². The van der Waals surface area contributed by atoms with Crippen molar-refractivity contribution in [3.63, 3.8) is 0 Å². The standard InChI is InChI=1S/C21H28N2O4/c1-26-21(25)7-5-3-2-4-6-17-16(8-9-19(17)24)18-14-20(27-23-18)15-10-12-22-13-11-15/h10-13,16-17,20H,2-9,14H2,1H3. The number of nitrogens with zero attached hydrogens (tertiary/aromatic N) is 2. The maximum absolute atomic E-state index is 12.4. The minimum Gasteiger partial charge on any atom is -0.469 e. The van der Waals surface area contributed by atoms with Gasteiger partial charge in [-0.3, -0.25) is 14.6 Å². The van der Waals surface area contributed by atoms with E-state index in [0.29, 0.717) is 18.6 Å². The lowest BCUT2D eigenvalue weighted by Gasteiger charge is -2.17. The van der Waals surface area contributed by atoms with Gasteiger partial charge in [0.1, 0.15) is 5.78 Å². The zero-order valence-electron chi connectivity index (χ0n) is 15.9. The molecule has 0 bridgehead atoms. The number of carbonyl (C=O) groups is 2. The van der Waals surface area contributed by atoms with Crippen LogP contribution >= 0.6 is 0 Å². The number of hydrogen-bond donors (Lipinski definition) is 0. The van der Waals surface area contributed by atoms with Crippen LogP contribution in [0.3, 0.4) is 0 Å². The van der Waals surface area contributed by atoms with Gasteiger partial charge in [-0.05, 0) is 37.0 Å². The number of Topliss-reactive ketones (excluding diaryl/α,β-unsaturated/α-hetero) is 1. The van der Waals surface area contributed by atoms with Gasteiger partial charge in [0.15, 0.2) is 6.10 Å². The van der Waals surface area contributed by atoms with Crippen LogP contribution < -0.4 is 0 Å². The third-order valence-corrected chi connectivity index (χ3v) is 5.67. The lowest BCUT2D eigenvalue weighted by Crippen LogP contribution is -2.22. The summed E-state index contributed by atoms with van der Waals surface area (Å²) in [5, 5.41) is 4.34. The predicted octanol–water partition coefficient (Wildman–Crippen LogP) is 4.01. The lowest BCUT2D eigenvalue weighted by atomic mass is 9.84. The van der Waals surface area contributed by atoms with E-state index in [-0.39, 0.29) is 23.9 Å². The first-order valence-electron chi connectivity index (χ1n) is 9.91. The number of pyridine rings is 1. The summed E-state index contributed by atoms with van der Waals surface area (Å²) in [4.78, 5) is 33.2. The van der Waals surface area contributed by atoms with Gasteiger partial charge >= 0.3 is 5.97 Å². The van der Waals surface area contributed by atoms with Crippen LogP contribution in [0.1, 0.15) is 69.5 Å². The molecule has 1 fully saturated rings. The Kier molecular flexibility index (Phi) is 6.96. The fraction of sp³-hybridized carbons (Fsp3) is 0.619. The average Bonchev–Trinajstić information content (AvgIpc) is 3.32. The topological polar surface area (TPSA) is 77.9 Å². The molecule has 1 aromatic rings. The second-order valence-electron chi connectivity index (χ2n) is 7.41. The van der Waals surface area contributed by atoms with Gasteiger partial charge in [0.2, 0.25) is 0 Å². The van der Waals surface area contributed by atoms with E-state index in [4.69, 9.17) is 4.84 Å². The van der Waals surface area contributed by atoms with Crippen molar-refractivity contribution < 1.29 is 19.2 Å². The van der Waals surface area contributed by atoms with Crippen LogP contribution in [0.4, 0.5) is 0 Å². The molecule has 0 radical (unpaired) electrons. The summed E-state index contributed by atoms with van der Waals surface area (Å²) in [6.07, 6.45) is 11.0. The van der Waals surface area contributed by atoms with Gasteiger partial charge in [0, 0.05) is 43.5 Å². The van der Waals surface area contributed by atoms with Crippen LogP contribution in [-0.2, 0) is 19.2 Å². The number of methoxy groups -OCH3 is 1. The Bertz CT molecular complexity index is 674. The van der Waals surface area contributed by atoms with Gasteiger partial charge in [-0.15, -0.1) is 0 Å². The molecule has 1 aliphatic carbocycles. The third-order valence-electron chi connectivity index (χ3n) is 5.67. The van der Waals surface area contributed by atoms with Crippen molar-refractivity contribution in [1.82, 2.24) is 4.98 Å². The predicted molar refractivity (Wildman–Crippen MR) is 101 cm³/mol. The summed E-state index contributed by atoms with van der Waals surface area (Å²) in [5.74, 6) is 0.511. The highest BCUT2D eigenvalue weighted by molar-refractivity contribution is 5.96. The van der Waals surface area contributed by atoms with Crippen molar-refractivity contribution >= 4 is 17.5 Å². The molecule has 146 valence electrons. The molecule has 1 aliphatic heterocycles. The van der Waals surface area contributed by atoms with Gasteiger partial charge < -0.3 is 9.57 Å². The fourth-order valence-electron chi connectivity index (χ4n) is 4.13. The maximum atomic E-state index is 12.4. The van der Waals surface area contributed by atoms with Crippen LogP contribution in [-0.4, -0.2) is 29.6 Å². The van der Waals surface area contributed by atoms with Crippen molar-refractivity contribution in [3.8, 4) is 0 Å². The molecule has 1 aromatic heterocycles. The number of carbonyl (C=O) groups excluding carboxylic acids is 2. The van der Waals surface area contributed by atoms with Crippen molar-refractivity contribution in [1.29, 1.82) is 0 Å². The average molecular weight is 372 g/mol. The Hall–Kier alpha value is -2.24. The molecule has 6 nitrogen and oxygen atoms in total. The molecule has 0 aromatic carbocycles. The molecule has 0 spiro atoms. The van der Waals surface area contributed by atoms with Gasteiger partial charge in [-0.2, -0.15) is 0 Å². The quantitative estimate of drug-likeness (QED) is 0.483. The Balaban J connectivity index is 1.45. The van der Waals surface area contributed by atoms with Gasteiger partial charge in [-0.1, -0.05) is 24.4 Å². The van der Waals surface area contributed by atoms with E-state index in [1.807, 2.05) is 12.1 Å². The summed E-state index contributed by atoms with van der Waals surface area (Å²) in [6.45, 7) is 0. The molecule has 3 unspecified atom stereocenters. The number of hydrogen-bond acceptors (Lipinski definition) is 6. The Morgan fingerprint density at radius 3 is 2.78 bits per heavy atom. The summed E-state index contributed by atoms with van der Waals surface area (Å²) in [6, 6.07) is 3.91. The Morgan fingerprint density at radius 1 is 1.22 bits per heavy atom. The Labute approximate surface area is 160 Å². The van der Waals surface area contributed by atoms with E-state index in [2.05, 4.69) is 14.9 Å². The molecule has 2 aliphatic rings. The van der Waals surface area contributed by atoms with Crippen LogP contribution in [0.5, 0.6) is 0 Å². The highest BCUT2D eigenvalue weighted by Crippen LogP contribution is 2.39. The van der Waals surface area contributed by atoms with Gasteiger partial charge in [-0.25, -0.2) is 0 Å². The third kappa shape index (κ3) is 5.15. The molecule has 3 rings (SSSR count). The highest BCUT2D eigenvalue weighted by atomic mass is 16.6. The number of unbranched alkanes of at least 4 members (excludes halogenated alkanes) is 3. The van der Waals surface area contributed by atoms with E-state index in [9.17, 15) is 9.59 Å². The number of aromatic nitrogens is 1. The molecular formula is C21H28N2O4. The second-order valence-corrected chi connectivity index (χ2v) is 7.41. The number of oxime groups is 1. The largest absolute Gasteiger partial charge is 0.469 e. The lowest BCUT2D eigenvalue weighted by molar-refractivity contribution is -0.140. The molecule has 3 atom stereocenters. The first-order valence-corrected chi connectivity index (χ1v) is 9.91. The first kappa shape index (κ1) is 19.5. The molecule has 27 heavy (non-hydrogen) atoms. The van der Waals surface area contributed by atoms with Crippen molar-refractivity contribution in [2.75, 3.05) is 7.11 Å². The molecular weight excluding hydrogens is 344 g/mol. The number of rotatable bonds is 9. The molecule has 6 heteroatoms. The second kappa shape index (κ2) is 9.62. The molecule has 2 heterocycles. The first-order chi connectivity index (χ1) is 13.2. The maximum Gasteiger partial charge on any atom is 0.305 e. The monoisotopic (exact) mass is 372 g/mol. The van der Waals surface area contributed by atoms with Crippen LogP contribution in [0.25, 0.3) is 0 Å². The van der Waals surface area contributed by atoms with Crippen molar-refractivity contribution in [3.05, 3.63) is 30.1 Å². The van der Waals surface area contributed by atoms with Crippen LogP contribution in [0, 0.1) is 11.8 Å². The zero-order chi connectivity index (χ0) is 19.1. The molecule has 0 amide bonds. The van der Waals surface area contributed by atoms with Gasteiger partial charge in [0.05, 0.1) is 12.8 Å². The summed E-state index contributed by atoms with van der Waals surface area (Å²) < 4.78 is 4.65. The summed E-state index contributed by atoms with van der Waals surface area (Å²) >= 11 is 0. The smallest absolute Gasteiger partial charge is 0.305 e. The summed E-state index contributed by atoms with van der Waals surface area (Å²) in [7, 11) is 1.42. The van der Waals surface area contributed by atoms with Gasteiger partial charge in [0.25, 0.3) is 0 Å². The van der Waals surface area contributed by atoms with E-state index >= 15 is 0 Å². The number of ketones is 1. The number of ether oxygens (including phenoxy) is 1. The Morgan fingerprint density at radius 2 is 2.00 bits per heavy atom. The van der Waals surface area contributed by atoms with E-state index < -0.39 is 0 Å². The van der Waals surface area contributed by atoms with E-state index in [1.54, 1.807) is 12.4 Å². The van der Waals surface area contributed by atoms with Crippen LogP contribution in [0.15, 0.2) is 29.7 Å². The zero-order valence-corrected chi connectivity index (χ0v) is 15.9. The van der Waals surface area contributed by atoms with E-state index in [1.165, 1.54) is 7.11 Å². The van der Waals surface area contributed by atoms with Crippen molar-refractivity contribution in [2.24, 2.45) is 17.0 Å². The molecule has 0 N–H and O–H groups in total. The minimum absolute atomic E-state index is 0.0577. The van der Waals surface area contributed by atoms with E-state index in [0.717, 1.165) is 56.2 Å². The normalized spacial score (nSPS) is 24.6. The highest BCUT2D eigenvalue weighted by Gasteiger charge is 2.40. The number of esters is 1. The summed E-state index contributed by atoms with van der Waals surface area (Å²) in [5.41, 5.74) is 2.12. The SMILES string of the molecule is COC(=O)CCCCCCC1C(=O)CCC1C1=NOC(c2ccncc2)C1. The minimum atomic E-state index is -0.149. The van der Waals surface area contributed by atoms with Crippen LogP contribution in [0.2, 0.25) is 0 Å². The molecule has 0 saturated heterocycles. The molecule has 1 saturated carbocycles.